The minimum Gasteiger partial charge on any atom is -0.370 e. The number of nitrogens with two attached hydrogens (primary N) is 9. The van der Waals surface area contributed by atoms with E-state index in [9.17, 15) is 47.9 Å². The Bertz CT molecular complexity index is 2270. The van der Waals surface area contributed by atoms with Gasteiger partial charge in [0.15, 0.2) is 5.96 Å². The van der Waals surface area contributed by atoms with Crippen molar-refractivity contribution in [2.24, 2.45) is 56.6 Å². The van der Waals surface area contributed by atoms with Gasteiger partial charge in [0.1, 0.15) is 48.0 Å². The van der Waals surface area contributed by atoms with Gasteiger partial charge in [-0.25, -0.2) is 4.98 Å². The standard InChI is InChI=1S/C51H94N22O10/c1-31(66-45(78)37(17-22-56)68-43(76)33(58)11-2-5-18-52)42(75)64-29-41(74)67-38(14-8-21-55)50(83)73-26-10-16-40(73)49(82)72-39(27-32-28-61-30-65-32)48(81)71-35(13-4-7-20-54)46(79)70-36(15-9-24-63-51(59)60)47(80)69-34(12-3-6-19-53)44(77)62-25-23-57/h15,28,30-31,33-35,37-40H,2-14,16-27,29,52-58H2,1H3,(H,61,65)(H,62,77)(H,64,75)(H,66,78)(H,67,74)(H,68,76)(H,69,80)(H,70,79)(H,71,81)(H,72,82)(H4,59,60,63)/b36-15-/t31-,33-,34-,35-,37-,38+,39-,40-/m0/s1. The van der Waals surface area contributed by atoms with Crippen LogP contribution in [0.2, 0.25) is 0 Å². The molecular formula is C51H94N22O10. The molecule has 83 heavy (non-hydrogen) atoms. The average Bonchev–Trinajstić information content (AvgIpc) is 4.24. The van der Waals surface area contributed by atoms with Gasteiger partial charge >= 0.3 is 0 Å². The highest BCUT2D eigenvalue weighted by atomic mass is 16.2. The minimum absolute atomic E-state index is 0.0314. The number of likely N-dealkylation sites (tertiary alicyclic amines) is 1. The van der Waals surface area contributed by atoms with E-state index in [1.165, 1.54) is 30.4 Å². The summed E-state index contributed by atoms with van der Waals surface area (Å²) in [5.74, 6) is -7.30. The Morgan fingerprint density at radius 1 is 0.651 bits per heavy atom. The Morgan fingerprint density at radius 3 is 1.86 bits per heavy atom. The molecule has 2 rings (SSSR count). The number of aromatic nitrogens is 2. The number of imidazole rings is 1. The molecule has 468 valence electrons. The SMILES string of the molecule is C[C@H](NC(=O)[C@H](CCN)NC(=O)[C@@H](N)CCCCN)C(=O)NCC(=O)N[C@H](CCCN)C(=O)N1CCC[C@H]1C(=O)N[C@@H](Cc1cnc[nH]1)C(=O)N[C@@H](CCCCN)C(=O)N/C(=C\CCN=C(N)N)C(=O)N[C@@H](CCCCN)C(=O)NCCN. The summed E-state index contributed by atoms with van der Waals surface area (Å²) in [6.45, 7) is 2.42. The van der Waals surface area contributed by atoms with Crippen LogP contribution in [-0.4, -0.2) is 194 Å². The molecule has 0 aliphatic carbocycles. The molecule has 0 aromatic carbocycles. The van der Waals surface area contributed by atoms with Gasteiger partial charge in [-0.2, -0.15) is 0 Å². The van der Waals surface area contributed by atoms with Gasteiger partial charge in [-0.15, -0.1) is 0 Å². The summed E-state index contributed by atoms with van der Waals surface area (Å²) in [5, 5.41) is 23.6. The first-order chi connectivity index (χ1) is 39.7. The maximum Gasteiger partial charge on any atom is 0.268 e. The van der Waals surface area contributed by atoms with E-state index >= 15 is 0 Å². The second-order valence-corrected chi connectivity index (χ2v) is 20.0. The molecule has 0 spiro atoms. The van der Waals surface area contributed by atoms with E-state index in [1.807, 2.05) is 0 Å². The van der Waals surface area contributed by atoms with E-state index in [4.69, 9.17) is 51.6 Å². The summed E-state index contributed by atoms with van der Waals surface area (Å²) in [6.07, 6.45) is 8.80. The zero-order valence-electron chi connectivity index (χ0n) is 47.9. The number of carbonyl (C=O) groups is 10. The molecule has 1 aliphatic rings. The lowest BCUT2D eigenvalue weighted by Gasteiger charge is -2.30. The number of aromatic amines is 1. The first-order valence-electron chi connectivity index (χ1n) is 28.4. The van der Waals surface area contributed by atoms with Crippen LogP contribution in [0.5, 0.6) is 0 Å². The van der Waals surface area contributed by atoms with Crippen molar-refractivity contribution in [2.75, 3.05) is 65.4 Å². The molecule has 1 aliphatic heterocycles. The Kier molecular flexibility index (Phi) is 35.2. The van der Waals surface area contributed by atoms with E-state index in [0.717, 1.165) is 0 Å². The molecule has 0 saturated carbocycles. The van der Waals surface area contributed by atoms with Crippen LogP contribution >= 0.6 is 0 Å². The third-order valence-corrected chi connectivity index (χ3v) is 13.2. The van der Waals surface area contributed by atoms with Gasteiger partial charge in [-0.3, -0.25) is 52.9 Å². The highest BCUT2D eigenvalue weighted by Crippen LogP contribution is 2.21. The molecule has 0 radical (unpaired) electrons. The number of nitrogens with zero attached hydrogens (tertiary/aromatic N) is 3. The summed E-state index contributed by atoms with van der Waals surface area (Å²) in [7, 11) is 0. The monoisotopic (exact) mass is 1170 g/mol. The third kappa shape index (κ3) is 27.5. The molecule has 1 saturated heterocycles. The van der Waals surface area contributed by atoms with Crippen molar-refractivity contribution in [1.82, 2.24) is 62.7 Å². The van der Waals surface area contributed by atoms with Crippen LogP contribution in [-0.2, 0) is 54.4 Å². The number of rotatable bonds is 42. The van der Waals surface area contributed by atoms with Gasteiger partial charge in [0.25, 0.3) is 5.91 Å². The normalized spacial score (nSPS) is 15.6. The number of hydrogen-bond acceptors (Lipinski definition) is 19. The topological polar surface area (TPSA) is 557 Å². The molecule has 1 fully saturated rings. The third-order valence-electron chi connectivity index (χ3n) is 13.2. The zero-order valence-corrected chi connectivity index (χ0v) is 47.9. The Labute approximate surface area is 484 Å². The van der Waals surface area contributed by atoms with E-state index in [0.29, 0.717) is 70.2 Å². The zero-order chi connectivity index (χ0) is 61.7. The van der Waals surface area contributed by atoms with Gasteiger partial charge in [-0.05, 0) is 130 Å². The number of carbonyl (C=O) groups excluding carboxylic acids is 10. The number of hydrogen-bond donors (Lipinski definition) is 19. The van der Waals surface area contributed by atoms with Crippen molar-refractivity contribution in [1.29, 1.82) is 0 Å². The molecule has 10 amide bonds. The number of nitrogens with one attached hydrogen (secondary N) is 10. The smallest absolute Gasteiger partial charge is 0.268 e. The van der Waals surface area contributed by atoms with E-state index < -0.39 is 114 Å². The lowest BCUT2D eigenvalue weighted by Crippen LogP contribution is -2.59. The highest BCUT2D eigenvalue weighted by molar-refractivity contribution is 6.02. The summed E-state index contributed by atoms with van der Waals surface area (Å²) in [4.78, 5) is 149. The molecule has 28 N–H and O–H groups in total. The van der Waals surface area contributed by atoms with Gasteiger partial charge in [0, 0.05) is 44.5 Å². The molecule has 0 unspecified atom stereocenters. The fourth-order valence-corrected chi connectivity index (χ4v) is 8.65. The van der Waals surface area contributed by atoms with Crippen LogP contribution in [0.25, 0.3) is 0 Å². The molecular weight excluding hydrogens is 1080 g/mol. The van der Waals surface area contributed by atoms with Gasteiger partial charge in [0.05, 0.1) is 18.9 Å². The lowest BCUT2D eigenvalue weighted by atomic mass is 10.0. The molecule has 8 atom stereocenters. The quantitative estimate of drug-likeness (QED) is 0.0125. The number of amides is 10. The highest BCUT2D eigenvalue weighted by Gasteiger charge is 2.40. The predicted molar refractivity (Wildman–Crippen MR) is 310 cm³/mol. The first-order valence-corrected chi connectivity index (χ1v) is 28.4. The van der Waals surface area contributed by atoms with Crippen molar-refractivity contribution >= 4 is 65.0 Å². The van der Waals surface area contributed by atoms with Crippen molar-refractivity contribution in [3.63, 3.8) is 0 Å². The van der Waals surface area contributed by atoms with E-state index in [-0.39, 0.29) is 109 Å². The maximum atomic E-state index is 14.4. The maximum absolute atomic E-state index is 14.4. The second-order valence-electron chi connectivity index (χ2n) is 20.0. The van der Waals surface area contributed by atoms with Crippen molar-refractivity contribution in [2.45, 2.75) is 158 Å². The molecule has 2 heterocycles. The number of aliphatic imine (C=N–C) groups is 1. The second kappa shape index (κ2) is 40.8. The van der Waals surface area contributed by atoms with Crippen LogP contribution < -0.4 is 99.5 Å². The average molecular weight is 1180 g/mol. The molecule has 1 aromatic rings. The molecule has 32 nitrogen and oxygen atoms in total. The fourth-order valence-electron chi connectivity index (χ4n) is 8.65. The Balaban J connectivity index is 2.31. The van der Waals surface area contributed by atoms with Crippen LogP contribution in [0.15, 0.2) is 29.3 Å². The van der Waals surface area contributed by atoms with Crippen LogP contribution in [0.4, 0.5) is 0 Å². The minimum atomic E-state index is -1.37. The van der Waals surface area contributed by atoms with Crippen molar-refractivity contribution in [3.05, 3.63) is 30.0 Å². The number of guanidine groups is 1. The van der Waals surface area contributed by atoms with Crippen LogP contribution in [0.1, 0.15) is 109 Å². The Hall–Kier alpha value is -7.36. The lowest BCUT2D eigenvalue weighted by molar-refractivity contribution is -0.142. The fraction of sp³-hybridized carbons (Fsp3) is 0.686. The molecule has 0 bridgehead atoms. The van der Waals surface area contributed by atoms with Crippen LogP contribution in [0, 0.1) is 0 Å². The van der Waals surface area contributed by atoms with Crippen LogP contribution in [0.3, 0.4) is 0 Å². The van der Waals surface area contributed by atoms with Crippen molar-refractivity contribution in [3.8, 4) is 0 Å². The van der Waals surface area contributed by atoms with E-state index in [2.05, 4.69) is 62.8 Å². The van der Waals surface area contributed by atoms with Gasteiger partial charge in [0.2, 0.25) is 53.2 Å². The summed E-state index contributed by atoms with van der Waals surface area (Å²) in [5.41, 5.74) is 51.2. The Morgan fingerprint density at radius 2 is 1.25 bits per heavy atom. The summed E-state index contributed by atoms with van der Waals surface area (Å²) >= 11 is 0. The number of unbranched alkanes of at least 4 members (excludes halogenated alkanes) is 3. The summed E-state index contributed by atoms with van der Waals surface area (Å²) < 4.78 is 0. The molecule has 32 heteroatoms. The van der Waals surface area contributed by atoms with E-state index in [1.54, 1.807) is 0 Å². The van der Waals surface area contributed by atoms with Gasteiger partial charge < -0.3 is 109 Å². The van der Waals surface area contributed by atoms with Crippen molar-refractivity contribution < 1.29 is 47.9 Å². The summed E-state index contributed by atoms with van der Waals surface area (Å²) in [6, 6.07) is -9.19. The largest absolute Gasteiger partial charge is 0.370 e. The molecule has 1 aromatic heterocycles. The van der Waals surface area contributed by atoms with Gasteiger partial charge in [-0.1, -0.05) is 12.5 Å². The predicted octanol–water partition coefficient (Wildman–Crippen LogP) is -7.47. The first kappa shape index (κ1) is 71.7. The number of H-pyrrole nitrogens is 1.